The van der Waals surface area contributed by atoms with Gasteiger partial charge in [-0.25, -0.2) is 4.98 Å². The van der Waals surface area contributed by atoms with Crippen molar-refractivity contribution in [1.82, 2.24) is 9.97 Å². The SMILES string of the molecule is C[C@H]1CCc2c(sc3nc([C@H](C)OC(=O)CSc4ccccc4)[nH]c(=O)c23)C1. The van der Waals surface area contributed by atoms with Gasteiger partial charge in [0.1, 0.15) is 4.83 Å². The number of nitrogens with one attached hydrogen (secondary N) is 1. The van der Waals surface area contributed by atoms with Gasteiger partial charge in [-0.1, -0.05) is 25.1 Å². The van der Waals surface area contributed by atoms with E-state index in [4.69, 9.17) is 4.74 Å². The molecule has 0 aliphatic heterocycles. The third-order valence-electron chi connectivity index (χ3n) is 4.98. The average Bonchev–Trinajstić information content (AvgIpc) is 3.05. The van der Waals surface area contributed by atoms with E-state index in [0.717, 1.165) is 34.6 Å². The zero-order valence-electron chi connectivity index (χ0n) is 15.9. The summed E-state index contributed by atoms with van der Waals surface area (Å²) in [6.07, 6.45) is 2.44. The summed E-state index contributed by atoms with van der Waals surface area (Å²) in [6.45, 7) is 3.98. The first kappa shape index (κ1) is 19.2. The molecule has 2 aromatic heterocycles. The Morgan fingerprint density at radius 3 is 2.96 bits per heavy atom. The molecule has 4 rings (SSSR count). The quantitative estimate of drug-likeness (QED) is 0.491. The van der Waals surface area contributed by atoms with Crippen LogP contribution in [-0.4, -0.2) is 21.7 Å². The van der Waals surface area contributed by atoms with Gasteiger partial charge in [-0.15, -0.1) is 23.1 Å². The van der Waals surface area contributed by atoms with Gasteiger partial charge < -0.3 is 9.72 Å². The number of H-pyrrole nitrogens is 1. The number of thioether (sulfide) groups is 1. The van der Waals surface area contributed by atoms with Gasteiger partial charge in [0.2, 0.25) is 0 Å². The minimum atomic E-state index is -0.598. The Kier molecular flexibility index (Phi) is 5.55. The topological polar surface area (TPSA) is 72.0 Å². The number of rotatable bonds is 5. The summed E-state index contributed by atoms with van der Waals surface area (Å²) in [4.78, 5) is 35.3. The Bertz CT molecular complexity index is 1060. The van der Waals surface area contributed by atoms with E-state index >= 15 is 0 Å². The second-order valence-electron chi connectivity index (χ2n) is 7.22. The average molecular weight is 415 g/mol. The molecular formula is C21H22N2O3S2. The van der Waals surface area contributed by atoms with Gasteiger partial charge in [-0.3, -0.25) is 9.59 Å². The molecule has 0 saturated heterocycles. The van der Waals surface area contributed by atoms with E-state index in [9.17, 15) is 9.59 Å². The molecular weight excluding hydrogens is 392 g/mol. The zero-order valence-corrected chi connectivity index (χ0v) is 17.5. The molecule has 3 aromatic rings. The van der Waals surface area contributed by atoms with E-state index in [2.05, 4.69) is 16.9 Å². The lowest BCUT2D eigenvalue weighted by Gasteiger charge is -2.17. The van der Waals surface area contributed by atoms with Crippen LogP contribution in [0.3, 0.4) is 0 Å². The van der Waals surface area contributed by atoms with Crippen molar-refractivity contribution in [3.05, 3.63) is 57.0 Å². The normalized spacial score (nSPS) is 17.3. The first-order valence-electron chi connectivity index (χ1n) is 9.43. The van der Waals surface area contributed by atoms with Crippen molar-refractivity contribution >= 4 is 39.3 Å². The molecule has 2 heterocycles. The Labute approximate surface area is 171 Å². The summed E-state index contributed by atoms with van der Waals surface area (Å²) in [7, 11) is 0. The maximum atomic E-state index is 12.7. The number of hydrogen-bond donors (Lipinski definition) is 1. The van der Waals surface area contributed by atoms with Crippen LogP contribution in [0, 0.1) is 5.92 Å². The highest BCUT2D eigenvalue weighted by Crippen LogP contribution is 2.36. The van der Waals surface area contributed by atoms with Gasteiger partial charge in [-0.2, -0.15) is 0 Å². The molecule has 28 heavy (non-hydrogen) atoms. The molecule has 0 bridgehead atoms. The fourth-order valence-electron chi connectivity index (χ4n) is 3.50. The summed E-state index contributed by atoms with van der Waals surface area (Å²) in [6, 6.07) is 9.70. The van der Waals surface area contributed by atoms with E-state index in [1.165, 1.54) is 16.6 Å². The van der Waals surface area contributed by atoms with E-state index in [1.54, 1.807) is 18.3 Å². The predicted molar refractivity (Wildman–Crippen MR) is 113 cm³/mol. The molecule has 0 amide bonds. The van der Waals surface area contributed by atoms with Crippen LogP contribution in [0.2, 0.25) is 0 Å². The van der Waals surface area contributed by atoms with Crippen LogP contribution in [0.1, 0.15) is 42.6 Å². The van der Waals surface area contributed by atoms with Crippen LogP contribution in [-0.2, 0) is 22.4 Å². The minimum Gasteiger partial charge on any atom is -0.454 e. The number of fused-ring (bicyclic) bond motifs is 3. The number of thiophene rings is 1. The standard InChI is InChI=1S/C21H22N2O3S2/c1-12-8-9-15-16(10-12)28-21-18(15)20(25)22-19(23-21)13(2)26-17(24)11-27-14-6-4-3-5-7-14/h3-7,12-13H,8-11H2,1-2H3,(H,22,23,25)/t12-,13-/m0/s1. The maximum Gasteiger partial charge on any atom is 0.316 e. The summed E-state index contributed by atoms with van der Waals surface area (Å²) >= 11 is 3.02. The van der Waals surface area contributed by atoms with Crippen molar-refractivity contribution in [3.63, 3.8) is 0 Å². The van der Waals surface area contributed by atoms with Crippen molar-refractivity contribution in [3.8, 4) is 0 Å². The molecule has 1 aromatic carbocycles. The second-order valence-corrected chi connectivity index (χ2v) is 9.35. The number of aryl methyl sites for hydroxylation is 1. The maximum absolute atomic E-state index is 12.7. The van der Waals surface area contributed by atoms with Gasteiger partial charge in [0.05, 0.1) is 11.1 Å². The number of benzene rings is 1. The van der Waals surface area contributed by atoms with Crippen LogP contribution in [0.25, 0.3) is 10.2 Å². The van der Waals surface area contributed by atoms with Crippen molar-refractivity contribution in [2.45, 2.75) is 44.1 Å². The van der Waals surface area contributed by atoms with Crippen LogP contribution >= 0.6 is 23.1 Å². The number of hydrogen-bond acceptors (Lipinski definition) is 6. The highest BCUT2D eigenvalue weighted by Gasteiger charge is 2.24. The van der Waals surface area contributed by atoms with Crippen LogP contribution in [0.15, 0.2) is 40.0 Å². The Balaban J connectivity index is 1.49. The van der Waals surface area contributed by atoms with E-state index in [-0.39, 0.29) is 17.3 Å². The van der Waals surface area contributed by atoms with Gasteiger partial charge in [0, 0.05) is 9.77 Å². The molecule has 7 heteroatoms. The number of aromatic amines is 1. The number of aromatic nitrogens is 2. The van der Waals surface area contributed by atoms with Gasteiger partial charge in [0.25, 0.3) is 5.56 Å². The number of nitrogens with zero attached hydrogens (tertiary/aromatic N) is 1. The van der Waals surface area contributed by atoms with E-state index in [0.29, 0.717) is 17.1 Å². The number of esters is 1. The molecule has 146 valence electrons. The summed E-state index contributed by atoms with van der Waals surface area (Å²) in [5, 5.41) is 0.716. The van der Waals surface area contributed by atoms with Crippen molar-refractivity contribution in [2.75, 3.05) is 5.75 Å². The van der Waals surface area contributed by atoms with E-state index in [1.807, 2.05) is 30.3 Å². The lowest BCUT2D eigenvalue weighted by molar-refractivity contribution is -0.145. The number of carbonyl (C=O) groups is 1. The molecule has 0 saturated carbocycles. The van der Waals surface area contributed by atoms with Gasteiger partial charge >= 0.3 is 5.97 Å². The van der Waals surface area contributed by atoms with E-state index < -0.39 is 6.10 Å². The lowest BCUT2D eigenvalue weighted by Crippen LogP contribution is -2.18. The summed E-state index contributed by atoms with van der Waals surface area (Å²) in [5.74, 6) is 0.929. The fourth-order valence-corrected chi connectivity index (χ4v) is 5.60. The lowest BCUT2D eigenvalue weighted by atomic mass is 9.89. The second kappa shape index (κ2) is 8.09. The van der Waals surface area contributed by atoms with Crippen molar-refractivity contribution in [1.29, 1.82) is 0 Å². The van der Waals surface area contributed by atoms with Crippen molar-refractivity contribution in [2.24, 2.45) is 5.92 Å². The molecule has 0 unspecified atom stereocenters. The molecule has 1 aliphatic rings. The molecule has 1 N–H and O–H groups in total. The summed E-state index contributed by atoms with van der Waals surface area (Å²) < 4.78 is 5.49. The zero-order chi connectivity index (χ0) is 19.7. The third kappa shape index (κ3) is 4.00. The molecule has 2 atom stereocenters. The number of ether oxygens (including phenoxy) is 1. The smallest absolute Gasteiger partial charge is 0.316 e. The first-order valence-corrected chi connectivity index (χ1v) is 11.2. The van der Waals surface area contributed by atoms with Crippen LogP contribution in [0.5, 0.6) is 0 Å². The first-order chi connectivity index (χ1) is 13.5. The highest BCUT2D eigenvalue weighted by molar-refractivity contribution is 8.00. The Hall–Kier alpha value is -2.12. The van der Waals surface area contributed by atoms with Gasteiger partial charge in [0.15, 0.2) is 11.9 Å². The molecule has 5 nitrogen and oxygen atoms in total. The fraction of sp³-hybridized carbons (Fsp3) is 0.381. The monoisotopic (exact) mass is 414 g/mol. The predicted octanol–water partition coefficient (Wildman–Crippen LogP) is 4.51. The Morgan fingerprint density at radius 1 is 1.39 bits per heavy atom. The van der Waals surface area contributed by atoms with Gasteiger partial charge in [-0.05, 0) is 49.8 Å². The number of carbonyl (C=O) groups excluding carboxylic acids is 1. The molecule has 1 aliphatic carbocycles. The molecule has 0 fully saturated rings. The highest BCUT2D eigenvalue weighted by atomic mass is 32.2. The Morgan fingerprint density at radius 2 is 2.18 bits per heavy atom. The molecule has 0 spiro atoms. The van der Waals surface area contributed by atoms with Crippen LogP contribution in [0.4, 0.5) is 0 Å². The third-order valence-corrected chi connectivity index (χ3v) is 7.11. The molecule has 0 radical (unpaired) electrons. The van der Waals surface area contributed by atoms with Crippen molar-refractivity contribution < 1.29 is 9.53 Å². The van der Waals surface area contributed by atoms with Crippen LogP contribution < -0.4 is 5.56 Å². The summed E-state index contributed by atoms with van der Waals surface area (Å²) in [5.41, 5.74) is 1.02. The minimum absolute atomic E-state index is 0.131. The largest absolute Gasteiger partial charge is 0.454 e.